The Kier molecular flexibility index (Phi) is 5.79. The van der Waals surface area contributed by atoms with Crippen molar-refractivity contribution in [3.05, 3.63) is 23.8 Å². The van der Waals surface area contributed by atoms with Crippen LogP contribution < -0.4 is 10.5 Å². The fourth-order valence-corrected chi connectivity index (χ4v) is 3.39. The molecule has 25 heavy (non-hydrogen) atoms. The number of nitrogens with zero attached hydrogens (tertiary/aromatic N) is 1. The molecular formula is C19H26N2O4. The molecule has 6 heteroatoms. The number of nitrogens with two attached hydrogens (primary N) is 1. The maximum absolute atomic E-state index is 12.3. The molecule has 1 saturated heterocycles. The van der Waals surface area contributed by atoms with Gasteiger partial charge in [-0.1, -0.05) is 6.42 Å². The van der Waals surface area contributed by atoms with Gasteiger partial charge >= 0.3 is 5.97 Å². The number of carbonyl (C=O) groups is 2. The summed E-state index contributed by atoms with van der Waals surface area (Å²) in [5.41, 5.74) is 6.72. The van der Waals surface area contributed by atoms with Gasteiger partial charge in [0.15, 0.2) is 6.61 Å². The van der Waals surface area contributed by atoms with Gasteiger partial charge in [-0.05, 0) is 56.7 Å². The van der Waals surface area contributed by atoms with Crippen molar-refractivity contribution in [2.24, 2.45) is 0 Å². The lowest BCUT2D eigenvalue weighted by Crippen LogP contribution is -2.32. The van der Waals surface area contributed by atoms with Crippen LogP contribution in [-0.4, -0.2) is 42.6 Å². The van der Waals surface area contributed by atoms with Gasteiger partial charge in [0.2, 0.25) is 0 Å². The molecule has 1 heterocycles. The Hall–Kier alpha value is -2.24. The van der Waals surface area contributed by atoms with Crippen molar-refractivity contribution < 1.29 is 19.1 Å². The van der Waals surface area contributed by atoms with Gasteiger partial charge in [0, 0.05) is 13.1 Å². The Morgan fingerprint density at radius 3 is 2.52 bits per heavy atom. The number of likely N-dealkylation sites (tertiary alicyclic amines) is 1. The van der Waals surface area contributed by atoms with E-state index in [4.69, 9.17) is 15.2 Å². The summed E-state index contributed by atoms with van der Waals surface area (Å²) in [4.78, 5) is 26.2. The molecule has 3 rings (SSSR count). The highest BCUT2D eigenvalue weighted by Gasteiger charge is 2.21. The van der Waals surface area contributed by atoms with Gasteiger partial charge in [0.25, 0.3) is 5.91 Å². The number of ether oxygens (including phenoxy) is 2. The summed E-state index contributed by atoms with van der Waals surface area (Å²) < 4.78 is 11.1. The predicted molar refractivity (Wildman–Crippen MR) is 94.5 cm³/mol. The number of hydrogen-bond donors (Lipinski definition) is 1. The van der Waals surface area contributed by atoms with Gasteiger partial charge in [0.1, 0.15) is 11.9 Å². The first kappa shape index (κ1) is 17.6. The van der Waals surface area contributed by atoms with Crippen molar-refractivity contribution in [1.82, 2.24) is 4.90 Å². The van der Waals surface area contributed by atoms with Crippen LogP contribution in [0.5, 0.6) is 5.75 Å². The lowest BCUT2D eigenvalue weighted by molar-refractivity contribution is -0.132. The number of rotatable bonds is 5. The number of esters is 1. The summed E-state index contributed by atoms with van der Waals surface area (Å²) in [7, 11) is 0. The van der Waals surface area contributed by atoms with Crippen molar-refractivity contribution >= 4 is 17.6 Å². The average Bonchev–Trinajstić information content (AvgIpc) is 3.16. The minimum atomic E-state index is -0.359. The first-order chi connectivity index (χ1) is 12.1. The SMILES string of the molecule is Nc1ccc(C(=O)OC2CCCCC2)cc1OCC(=O)N1CCCC1. The van der Waals surface area contributed by atoms with Crippen molar-refractivity contribution in [2.75, 3.05) is 25.4 Å². The molecule has 1 amide bonds. The van der Waals surface area contributed by atoms with Gasteiger partial charge in [0.05, 0.1) is 11.3 Å². The van der Waals surface area contributed by atoms with E-state index in [1.807, 2.05) is 0 Å². The third kappa shape index (κ3) is 4.65. The number of anilines is 1. The molecule has 1 aromatic carbocycles. The van der Waals surface area contributed by atoms with Gasteiger partial charge < -0.3 is 20.1 Å². The molecule has 2 N–H and O–H groups in total. The molecule has 1 aliphatic heterocycles. The van der Waals surface area contributed by atoms with Gasteiger partial charge in [-0.25, -0.2) is 4.79 Å². The molecule has 0 spiro atoms. The van der Waals surface area contributed by atoms with Gasteiger partial charge in [-0.2, -0.15) is 0 Å². The standard InChI is InChI=1S/C19H26N2O4/c20-16-9-8-14(19(23)25-15-6-2-1-3-7-15)12-17(16)24-13-18(22)21-10-4-5-11-21/h8-9,12,15H,1-7,10-11,13,20H2. The predicted octanol–water partition coefficient (Wildman–Crippen LogP) is 2.76. The quantitative estimate of drug-likeness (QED) is 0.655. The normalized spacial score (nSPS) is 18.2. The first-order valence-corrected chi connectivity index (χ1v) is 9.14. The Morgan fingerprint density at radius 1 is 1.08 bits per heavy atom. The van der Waals surface area contributed by atoms with Crippen molar-refractivity contribution in [2.45, 2.75) is 51.0 Å². The van der Waals surface area contributed by atoms with Crippen LogP contribution in [0.15, 0.2) is 18.2 Å². The molecule has 1 saturated carbocycles. The number of benzene rings is 1. The van der Waals surface area contributed by atoms with E-state index >= 15 is 0 Å². The molecule has 1 aliphatic carbocycles. The van der Waals surface area contributed by atoms with Crippen molar-refractivity contribution in [1.29, 1.82) is 0 Å². The van der Waals surface area contributed by atoms with E-state index in [1.54, 1.807) is 23.1 Å². The molecule has 2 fully saturated rings. The van der Waals surface area contributed by atoms with Crippen LogP contribution >= 0.6 is 0 Å². The molecule has 6 nitrogen and oxygen atoms in total. The minimum absolute atomic E-state index is 0.0000780. The van der Waals surface area contributed by atoms with Crippen LogP contribution in [0.25, 0.3) is 0 Å². The zero-order chi connectivity index (χ0) is 17.6. The number of carbonyl (C=O) groups excluding carboxylic acids is 2. The van der Waals surface area contributed by atoms with E-state index in [0.29, 0.717) is 17.0 Å². The lowest BCUT2D eigenvalue weighted by atomic mass is 9.98. The van der Waals surface area contributed by atoms with Crippen molar-refractivity contribution in [3.8, 4) is 5.75 Å². The molecular weight excluding hydrogens is 320 g/mol. The summed E-state index contributed by atoms with van der Waals surface area (Å²) in [5, 5.41) is 0. The fourth-order valence-electron chi connectivity index (χ4n) is 3.39. The molecule has 0 bridgehead atoms. The monoisotopic (exact) mass is 346 g/mol. The fraction of sp³-hybridized carbons (Fsp3) is 0.579. The van der Waals surface area contributed by atoms with Crippen LogP contribution in [0.4, 0.5) is 5.69 Å². The third-order valence-electron chi connectivity index (χ3n) is 4.89. The molecule has 0 atom stereocenters. The Morgan fingerprint density at radius 2 is 1.80 bits per heavy atom. The van der Waals surface area contributed by atoms with E-state index in [1.165, 1.54) is 6.42 Å². The second-order valence-corrected chi connectivity index (χ2v) is 6.79. The van der Waals surface area contributed by atoms with Crippen LogP contribution in [0, 0.1) is 0 Å². The number of hydrogen-bond acceptors (Lipinski definition) is 5. The average molecular weight is 346 g/mol. The third-order valence-corrected chi connectivity index (χ3v) is 4.89. The summed E-state index contributed by atoms with van der Waals surface area (Å²) in [6.07, 6.45) is 7.34. The van der Waals surface area contributed by atoms with E-state index in [0.717, 1.165) is 51.6 Å². The van der Waals surface area contributed by atoms with E-state index in [2.05, 4.69) is 0 Å². The van der Waals surface area contributed by atoms with E-state index in [-0.39, 0.29) is 24.6 Å². The Labute approximate surface area is 148 Å². The van der Waals surface area contributed by atoms with Gasteiger partial charge in [-0.15, -0.1) is 0 Å². The maximum Gasteiger partial charge on any atom is 0.338 e. The molecule has 136 valence electrons. The highest BCUT2D eigenvalue weighted by molar-refractivity contribution is 5.91. The Balaban J connectivity index is 1.59. The topological polar surface area (TPSA) is 81.9 Å². The molecule has 2 aliphatic rings. The zero-order valence-electron chi connectivity index (χ0n) is 14.5. The van der Waals surface area contributed by atoms with Crippen LogP contribution in [-0.2, 0) is 9.53 Å². The zero-order valence-corrected chi connectivity index (χ0v) is 14.5. The largest absolute Gasteiger partial charge is 0.482 e. The smallest absolute Gasteiger partial charge is 0.338 e. The van der Waals surface area contributed by atoms with Crippen LogP contribution in [0.3, 0.4) is 0 Å². The summed E-state index contributed by atoms with van der Waals surface area (Å²) in [5.74, 6) is -0.0552. The molecule has 0 aromatic heterocycles. The number of nitrogen functional groups attached to an aromatic ring is 1. The second-order valence-electron chi connectivity index (χ2n) is 6.79. The Bertz CT molecular complexity index is 620. The number of amides is 1. The van der Waals surface area contributed by atoms with Crippen LogP contribution in [0.2, 0.25) is 0 Å². The highest BCUT2D eigenvalue weighted by Crippen LogP contribution is 2.26. The molecule has 1 aromatic rings. The second kappa shape index (κ2) is 8.23. The molecule has 0 radical (unpaired) electrons. The minimum Gasteiger partial charge on any atom is -0.482 e. The van der Waals surface area contributed by atoms with Crippen LogP contribution in [0.1, 0.15) is 55.3 Å². The summed E-state index contributed by atoms with van der Waals surface area (Å²) in [6.45, 7) is 1.50. The summed E-state index contributed by atoms with van der Waals surface area (Å²) in [6, 6.07) is 4.82. The molecule has 0 unspecified atom stereocenters. The van der Waals surface area contributed by atoms with E-state index in [9.17, 15) is 9.59 Å². The van der Waals surface area contributed by atoms with E-state index < -0.39 is 0 Å². The van der Waals surface area contributed by atoms with Gasteiger partial charge in [-0.3, -0.25) is 4.79 Å². The summed E-state index contributed by atoms with van der Waals surface area (Å²) >= 11 is 0. The lowest BCUT2D eigenvalue weighted by Gasteiger charge is -2.22. The van der Waals surface area contributed by atoms with Crippen molar-refractivity contribution in [3.63, 3.8) is 0 Å². The first-order valence-electron chi connectivity index (χ1n) is 9.14. The highest BCUT2D eigenvalue weighted by atomic mass is 16.5. The maximum atomic E-state index is 12.3.